The fourth-order valence-corrected chi connectivity index (χ4v) is 3.19. The Hall–Kier alpha value is -1.13. The van der Waals surface area contributed by atoms with Crippen LogP contribution in [0, 0.1) is 0 Å². The molecule has 0 spiro atoms. The predicted molar refractivity (Wildman–Crippen MR) is 89.9 cm³/mol. The minimum absolute atomic E-state index is 0.375. The Morgan fingerprint density at radius 1 is 1.29 bits per heavy atom. The molecule has 1 fully saturated rings. The molecule has 1 N–H and O–H groups in total. The van der Waals surface area contributed by atoms with Crippen LogP contribution in [0.5, 0.6) is 0 Å². The van der Waals surface area contributed by atoms with Crippen LogP contribution in [0.15, 0.2) is 18.3 Å². The normalized spacial score (nSPS) is 21.5. The first-order chi connectivity index (χ1) is 10.2. The highest BCUT2D eigenvalue weighted by Gasteiger charge is 2.22. The van der Waals surface area contributed by atoms with Crippen LogP contribution in [0.4, 0.5) is 5.69 Å². The SMILES string of the molecule is CCNC(CC)c1ccc(N2CCN(CC)C(C)C2)cn1. The van der Waals surface area contributed by atoms with Crippen LogP contribution < -0.4 is 10.2 Å². The number of likely N-dealkylation sites (N-methyl/N-ethyl adjacent to an activating group) is 1. The molecule has 0 amide bonds. The molecule has 1 aromatic rings. The molecule has 21 heavy (non-hydrogen) atoms. The molecule has 4 heteroatoms. The Balaban J connectivity index is 2.02. The second-order valence-corrected chi connectivity index (χ2v) is 5.88. The molecule has 0 bridgehead atoms. The van der Waals surface area contributed by atoms with Crippen molar-refractivity contribution in [2.45, 2.75) is 46.2 Å². The second-order valence-electron chi connectivity index (χ2n) is 5.88. The van der Waals surface area contributed by atoms with E-state index < -0.39 is 0 Å². The number of aromatic nitrogens is 1. The second kappa shape index (κ2) is 7.76. The van der Waals surface area contributed by atoms with Gasteiger partial charge in [0.05, 0.1) is 17.6 Å². The van der Waals surface area contributed by atoms with Gasteiger partial charge in [0.2, 0.25) is 0 Å². The lowest BCUT2D eigenvalue weighted by Gasteiger charge is -2.40. The zero-order valence-electron chi connectivity index (χ0n) is 14.0. The summed E-state index contributed by atoms with van der Waals surface area (Å²) in [6, 6.07) is 5.41. The number of nitrogens with one attached hydrogen (secondary N) is 1. The van der Waals surface area contributed by atoms with Gasteiger partial charge in [0.25, 0.3) is 0 Å². The molecule has 1 saturated heterocycles. The number of rotatable bonds is 6. The van der Waals surface area contributed by atoms with E-state index in [-0.39, 0.29) is 0 Å². The predicted octanol–water partition coefficient (Wildman–Crippen LogP) is 2.67. The molecule has 4 nitrogen and oxygen atoms in total. The van der Waals surface area contributed by atoms with Crippen LogP contribution in [-0.2, 0) is 0 Å². The molecule has 118 valence electrons. The van der Waals surface area contributed by atoms with Crippen LogP contribution in [-0.4, -0.2) is 48.6 Å². The number of hydrogen-bond donors (Lipinski definition) is 1. The van der Waals surface area contributed by atoms with Gasteiger partial charge in [0.15, 0.2) is 0 Å². The maximum absolute atomic E-state index is 4.69. The lowest BCUT2D eigenvalue weighted by molar-refractivity contribution is 0.199. The molecule has 0 aromatic carbocycles. The zero-order valence-corrected chi connectivity index (χ0v) is 14.0. The molecule has 1 aliphatic heterocycles. The molecule has 0 saturated carbocycles. The fourth-order valence-electron chi connectivity index (χ4n) is 3.19. The highest BCUT2D eigenvalue weighted by Crippen LogP contribution is 2.21. The number of nitrogens with zero attached hydrogens (tertiary/aromatic N) is 3. The van der Waals surface area contributed by atoms with Gasteiger partial charge >= 0.3 is 0 Å². The van der Waals surface area contributed by atoms with Gasteiger partial charge in [-0.15, -0.1) is 0 Å². The summed E-state index contributed by atoms with van der Waals surface area (Å²) in [5.74, 6) is 0. The average Bonchev–Trinajstić information content (AvgIpc) is 2.52. The Bertz CT molecular complexity index is 417. The Morgan fingerprint density at radius 3 is 2.62 bits per heavy atom. The van der Waals surface area contributed by atoms with Crippen LogP contribution in [0.25, 0.3) is 0 Å². The van der Waals surface area contributed by atoms with Gasteiger partial charge in [0, 0.05) is 31.7 Å². The highest BCUT2D eigenvalue weighted by molar-refractivity contribution is 5.45. The van der Waals surface area contributed by atoms with Crippen molar-refractivity contribution in [2.75, 3.05) is 37.6 Å². The maximum atomic E-state index is 4.69. The summed E-state index contributed by atoms with van der Waals surface area (Å²) in [5.41, 5.74) is 2.41. The summed E-state index contributed by atoms with van der Waals surface area (Å²) in [5, 5.41) is 3.49. The van der Waals surface area contributed by atoms with E-state index in [0.717, 1.165) is 44.8 Å². The van der Waals surface area contributed by atoms with E-state index >= 15 is 0 Å². The molecule has 1 aliphatic rings. The first-order valence-electron chi connectivity index (χ1n) is 8.37. The smallest absolute Gasteiger partial charge is 0.0574 e. The van der Waals surface area contributed by atoms with E-state index in [0.29, 0.717) is 12.1 Å². The molecule has 2 atom stereocenters. The lowest BCUT2D eigenvalue weighted by Crippen LogP contribution is -2.51. The van der Waals surface area contributed by atoms with Crippen molar-refractivity contribution >= 4 is 5.69 Å². The summed E-state index contributed by atoms with van der Waals surface area (Å²) < 4.78 is 0. The summed E-state index contributed by atoms with van der Waals surface area (Å²) in [7, 11) is 0. The third kappa shape index (κ3) is 3.95. The molecule has 1 aromatic heterocycles. The van der Waals surface area contributed by atoms with E-state index in [1.165, 1.54) is 5.69 Å². The van der Waals surface area contributed by atoms with E-state index in [2.05, 4.69) is 54.9 Å². The van der Waals surface area contributed by atoms with Crippen LogP contribution in [0.2, 0.25) is 0 Å². The maximum Gasteiger partial charge on any atom is 0.0574 e. The number of pyridine rings is 1. The Morgan fingerprint density at radius 2 is 2.10 bits per heavy atom. The van der Waals surface area contributed by atoms with Crippen LogP contribution in [0.1, 0.15) is 45.9 Å². The number of hydrogen-bond acceptors (Lipinski definition) is 4. The van der Waals surface area contributed by atoms with Crippen molar-refractivity contribution in [3.05, 3.63) is 24.0 Å². The monoisotopic (exact) mass is 290 g/mol. The Labute approximate surface area is 129 Å². The molecule has 0 radical (unpaired) electrons. The largest absolute Gasteiger partial charge is 0.367 e. The molecular formula is C17H30N4. The zero-order chi connectivity index (χ0) is 15.2. The molecular weight excluding hydrogens is 260 g/mol. The average molecular weight is 290 g/mol. The van der Waals surface area contributed by atoms with Gasteiger partial charge in [-0.2, -0.15) is 0 Å². The quantitative estimate of drug-likeness (QED) is 0.873. The van der Waals surface area contributed by atoms with E-state index in [1.807, 2.05) is 6.20 Å². The highest BCUT2D eigenvalue weighted by atomic mass is 15.3. The molecule has 2 rings (SSSR count). The van der Waals surface area contributed by atoms with Crippen molar-refractivity contribution in [2.24, 2.45) is 0 Å². The van der Waals surface area contributed by atoms with Crippen molar-refractivity contribution < 1.29 is 0 Å². The van der Waals surface area contributed by atoms with Gasteiger partial charge in [-0.25, -0.2) is 0 Å². The number of anilines is 1. The van der Waals surface area contributed by atoms with Gasteiger partial charge in [-0.3, -0.25) is 9.88 Å². The van der Waals surface area contributed by atoms with E-state index in [4.69, 9.17) is 4.98 Å². The van der Waals surface area contributed by atoms with Gasteiger partial charge in [0.1, 0.15) is 0 Å². The Kier molecular flexibility index (Phi) is 6.00. The molecule has 0 aliphatic carbocycles. The summed E-state index contributed by atoms with van der Waals surface area (Å²) in [6.45, 7) is 14.4. The minimum Gasteiger partial charge on any atom is -0.367 e. The van der Waals surface area contributed by atoms with Crippen molar-refractivity contribution in [1.29, 1.82) is 0 Å². The molecule has 2 heterocycles. The third-order valence-corrected chi connectivity index (χ3v) is 4.52. The van der Waals surface area contributed by atoms with Gasteiger partial charge < -0.3 is 10.2 Å². The van der Waals surface area contributed by atoms with Gasteiger partial charge in [-0.1, -0.05) is 20.8 Å². The minimum atomic E-state index is 0.375. The van der Waals surface area contributed by atoms with Crippen molar-refractivity contribution in [3.63, 3.8) is 0 Å². The third-order valence-electron chi connectivity index (χ3n) is 4.52. The topological polar surface area (TPSA) is 31.4 Å². The first kappa shape index (κ1) is 16.2. The van der Waals surface area contributed by atoms with Crippen molar-refractivity contribution in [1.82, 2.24) is 15.2 Å². The number of piperazine rings is 1. The molecule has 2 unspecified atom stereocenters. The standard InChI is InChI=1S/C17H30N4/c1-5-16(18-6-2)17-9-8-15(12-19-17)21-11-10-20(7-3)14(4)13-21/h8-9,12,14,16,18H,5-7,10-11,13H2,1-4H3. The van der Waals surface area contributed by atoms with Gasteiger partial charge in [-0.05, 0) is 38.6 Å². The van der Waals surface area contributed by atoms with Crippen LogP contribution in [0.3, 0.4) is 0 Å². The van der Waals surface area contributed by atoms with E-state index in [1.54, 1.807) is 0 Å². The summed E-state index contributed by atoms with van der Waals surface area (Å²) >= 11 is 0. The fraction of sp³-hybridized carbons (Fsp3) is 0.706. The first-order valence-corrected chi connectivity index (χ1v) is 8.37. The summed E-state index contributed by atoms with van der Waals surface area (Å²) in [4.78, 5) is 9.69. The van der Waals surface area contributed by atoms with E-state index in [9.17, 15) is 0 Å². The lowest BCUT2D eigenvalue weighted by atomic mass is 10.1. The van der Waals surface area contributed by atoms with Crippen molar-refractivity contribution in [3.8, 4) is 0 Å². The van der Waals surface area contributed by atoms with Crippen LogP contribution >= 0.6 is 0 Å². The summed E-state index contributed by atoms with van der Waals surface area (Å²) in [6.07, 6.45) is 3.12.